The molecule has 0 bridgehead atoms. The van der Waals surface area contributed by atoms with E-state index >= 15 is 4.39 Å². The van der Waals surface area contributed by atoms with Crippen LogP contribution in [0.4, 0.5) is 14.6 Å². The predicted octanol–water partition coefficient (Wildman–Crippen LogP) is 4.92. The van der Waals surface area contributed by atoms with Crippen LogP contribution in [-0.4, -0.2) is 72.4 Å². The second kappa shape index (κ2) is 9.94. The smallest absolute Gasteiger partial charge is 0.319 e. The highest BCUT2D eigenvalue weighted by Gasteiger charge is 2.49. The molecule has 1 aromatic heterocycles. The molecule has 0 radical (unpaired) electrons. The van der Waals surface area contributed by atoms with Crippen LogP contribution >= 0.6 is 27.5 Å². The fourth-order valence-corrected chi connectivity index (χ4v) is 6.29. The van der Waals surface area contributed by atoms with Gasteiger partial charge in [0.05, 0.1) is 28.1 Å². The van der Waals surface area contributed by atoms with Gasteiger partial charge in [-0.2, -0.15) is 9.97 Å². The van der Waals surface area contributed by atoms with E-state index in [4.69, 9.17) is 21.1 Å². The van der Waals surface area contributed by atoms with Crippen LogP contribution in [0.15, 0.2) is 10.5 Å². The number of carbonyl (C=O) groups excluding carboxylic acids is 1. The van der Waals surface area contributed by atoms with Crippen LogP contribution < -0.4 is 9.64 Å². The van der Waals surface area contributed by atoms with Crippen LogP contribution in [-0.2, 0) is 9.53 Å². The van der Waals surface area contributed by atoms with Crippen molar-refractivity contribution in [3.8, 4) is 6.01 Å². The summed E-state index contributed by atoms with van der Waals surface area (Å²) in [5.41, 5.74) is -0.265. The molecule has 2 aromatic rings. The lowest BCUT2D eigenvalue weighted by atomic mass is 9.95. The molecule has 190 valence electrons. The first-order valence-corrected chi connectivity index (χ1v) is 13.2. The van der Waals surface area contributed by atoms with Crippen molar-refractivity contribution in [1.82, 2.24) is 14.9 Å². The first-order valence-electron chi connectivity index (χ1n) is 12.0. The molecule has 11 heteroatoms. The third-order valence-corrected chi connectivity index (χ3v) is 8.88. The highest BCUT2D eigenvalue weighted by atomic mass is 79.9. The molecule has 35 heavy (non-hydrogen) atoms. The van der Waals surface area contributed by atoms with Crippen molar-refractivity contribution < 1.29 is 23.0 Å². The molecule has 1 unspecified atom stereocenters. The summed E-state index contributed by atoms with van der Waals surface area (Å²) in [6.07, 6.45) is 3.45. The van der Waals surface area contributed by atoms with E-state index in [0.717, 1.165) is 25.8 Å². The van der Waals surface area contributed by atoms with E-state index in [0.29, 0.717) is 50.1 Å². The summed E-state index contributed by atoms with van der Waals surface area (Å²) >= 11 is 9.49. The van der Waals surface area contributed by atoms with Gasteiger partial charge in [0.15, 0.2) is 5.82 Å². The zero-order valence-corrected chi connectivity index (χ0v) is 21.9. The lowest BCUT2D eigenvalue weighted by molar-refractivity contribution is -0.145. The summed E-state index contributed by atoms with van der Waals surface area (Å²) in [7, 11) is 1.40. The zero-order chi connectivity index (χ0) is 24.7. The third kappa shape index (κ3) is 4.69. The summed E-state index contributed by atoms with van der Waals surface area (Å²) < 4.78 is 40.6. The topological polar surface area (TPSA) is 67.8 Å². The number of halogens is 4. The van der Waals surface area contributed by atoms with Gasteiger partial charge in [0, 0.05) is 31.4 Å². The van der Waals surface area contributed by atoms with E-state index in [1.165, 1.54) is 7.11 Å². The first-order chi connectivity index (χ1) is 16.8. The Morgan fingerprint density at radius 2 is 2.11 bits per heavy atom. The van der Waals surface area contributed by atoms with Crippen molar-refractivity contribution in [2.75, 3.05) is 44.8 Å². The number of hydrogen-bond acceptors (Lipinski definition) is 7. The lowest BCUT2D eigenvalue weighted by Crippen LogP contribution is -2.43. The fourth-order valence-electron chi connectivity index (χ4n) is 5.80. The van der Waals surface area contributed by atoms with Crippen LogP contribution in [0.2, 0.25) is 5.02 Å². The Morgan fingerprint density at radius 1 is 1.29 bits per heavy atom. The number of fused-ring (bicyclic) bond motifs is 2. The van der Waals surface area contributed by atoms with Gasteiger partial charge in [0.25, 0.3) is 0 Å². The molecule has 0 amide bonds. The minimum Gasteiger partial charge on any atom is -0.469 e. The number of benzene rings is 1. The van der Waals surface area contributed by atoms with Gasteiger partial charge in [-0.1, -0.05) is 11.6 Å². The molecule has 3 atom stereocenters. The SMILES string of the molecule is COC(=O)C1CCCN(c2nc(OC[C@@]34CCCN3C[C@H](F)C4)nc3c(F)c(Br)c(Cl)cc23)CC1. The average molecular weight is 574 g/mol. The average Bonchev–Trinajstić information content (AvgIpc) is 3.25. The van der Waals surface area contributed by atoms with Gasteiger partial charge < -0.3 is 14.4 Å². The zero-order valence-electron chi connectivity index (χ0n) is 19.5. The maximum atomic E-state index is 15.3. The summed E-state index contributed by atoms with van der Waals surface area (Å²) in [6, 6.07) is 1.70. The number of anilines is 1. The molecule has 4 heterocycles. The van der Waals surface area contributed by atoms with E-state index in [1.807, 2.05) is 4.90 Å². The second-order valence-electron chi connectivity index (χ2n) is 9.71. The Balaban J connectivity index is 1.48. The van der Waals surface area contributed by atoms with E-state index in [2.05, 4.69) is 30.8 Å². The summed E-state index contributed by atoms with van der Waals surface area (Å²) in [5, 5.41) is 0.695. The number of hydrogen-bond donors (Lipinski definition) is 0. The standard InChI is InChI=1S/C24H28BrClF2N4O3/c1-34-22(33)14-4-2-7-31(9-5-14)21-16-10-17(26)18(25)19(28)20(16)29-23(30-21)35-13-24-6-3-8-32(24)12-15(27)11-24/h10,14-15H,2-9,11-13H2,1H3/t14?,15-,24+/m1/s1. The van der Waals surface area contributed by atoms with Gasteiger partial charge in [-0.3, -0.25) is 9.69 Å². The molecule has 3 aliphatic rings. The molecular weight excluding hydrogens is 546 g/mol. The van der Waals surface area contributed by atoms with E-state index in [1.54, 1.807) is 6.07 Å². The first kappa shape index (κ1) is 24.9. The van der Waals surface area contributed by atoms with Crippen LogP contribution in [0.25, 0.3) is 10.9 Å². The Hall–Kier alpha value is -1.78. The number of carbonyl (C=O) groups is 1. The summed E-state index contributed by atoms with van der Waals surface area (Å²) in [6.45, 7) is 2.70. The summed E-state index contributed by atoms with van der Waals surface area (Å²) in [4.78, 5) is 25.3. The lowest BCUT2D eigenvalue weighted by Gasteiger charge is -2.31. The van der Waals surface area contributed by atoms with Gasteiger partial charge in [-0.05, 0) is 60.6 Å². The fraction of sp³-hybridized carbons (Fsp3) is 0.625. The molecule has 0 aliphatic carbocycles. The van der Waals surface area contributed by atoms with Gasteiger partial charge in [0.1, 0.15) is 24.1 Å². The minimum atomic E-state index is -0.873. The maximum Gasteiger partial charge on any atom is 0.319 e. The Bertz CT molecular complexity index is 1140. The monoisotopic (exact) mass is 572 g/mol. The number of rotatable bonds is 5. The molecule has 0 N–H and O–H groups in total. The molecule has 0 saturated carbocycles. The molecule has 3 fully saturated rings. The van der Waals surface area contributed by atoms with Crippen molar-refractivity contribution in [1.29, 1.82) is 0 Å². The quantitative estimate of drug-likeness (QED) is 0.372. The van der Waals surface area contributed by atoms with E-state index in [9.17, 15) is 9.18 Å². The normalized spacial score (nSPS) is 27.2. The molecule has 7 nitrogen and oxygen atoms in total. The summed E-state index contributed by atoms with van der Waals surface area (Å²) in [5.74, 6) is -0.482. The van der Waals surface area contributed by atoms with Crippen LogP contribution in [0.5, 0.6) is 6.01 Å². The van der Waals surface area contributed by atoms with E-state index in [-0.39, 0.29) is 45.1 Å². The minimum absolute atomic E-state index is 0.0536. The van der Waals surface area contributed by atoms with Crippen molar-refractivity contribution in [3.05, 3.63) is 21.4 Å². The molecule has 3 aliphatic heterocycles. The molecular formula is C24H28BrClF2N4O3. The number of nitrogens with zero attached hydrogens (tertiary/aromatic N) is 4. The highest BCUT2D eigenvalue weighted by Crippen LogP contribution is 2.41. The van der Waals surface area contributed by atoms with E-state index < -0.39 is 12.0 Å². The number of esters is 1. The van der Waals surface area contributed by atoms with Crippen molar-refractivity contribution >= 4 is 50.2 Å². The van der Waals surface area contributed by atoms with Crippen LogP contribution in [0.1, 0.15) is 38.5 Å². The largest absolute Gasteiger partial charge is 0.469 e. The second-order valence-corrected chi connectivity index (χ2v) is 10.9. The van der Waals surface area contributed by atoms with Crippen LogP contribution in [0, 0.1) is 11.7 Å². The van der Waals surface area contributed by atoms with Gasteiger partial charge in [-0.15, -0.1) is 0 Å². The number of ether oxygens (including phenoxy) is 2. The van der Waals surface area contributed by atoms with Gasteiger partial charge in [-0.25, -0.2) is 8.78 Å². The predicted molar refractivity (Wildman–Crippen MR) is 132 cm³/mol. The molecule has 3 saturated heterocycles. The molecule has 1 aromatic carbocycles. The Labute approximate surface area is 216 Å². The Morgan fingerprint density at radius 3 is 2.91 bits per heavy atom. The molecule has 0 spiro atoms. The van der Waals surface area contributed by atoms with Crippen molar-refractivity contribution in [2.24, 2.45) is 5.92 Å². The third-order valence-electron chi connectivity index (χ3n) is 7.58. The van der Waals surface area contributed by atoms with Crippen molar-refractivity contribution in [3.63, 3.8) is 0 Å². The van der Waals surface area contributed by atoms with Gasteiger partial charge in [0.2, 0.25) is 0 Å². The van der Waals surface area contributed by atoms with Crippen LogP contribution in [0.3, 0.4) is 0 Å². The molecule has 5 rings (SSSR count). The number of methoxy groups -OCH3 is 1. The highest BCUT2D eigenvalue weighted by molar-refractivity contribution is 9.10. The maximum absolute atomic E-state index is 15.3. The van der Waals surface area contributed by atoms with Gasteiger partial charge >= 0.3 is 12.0 Å². The number of alkyl halides is 1. The van der Waals surface area contributed by atoms with Crippen molar-refractivity contribution in [2.45, 2.75) is 50.2 Å². The Kier molecular flexibility index (Phi) is 7.07. The number of aromatic nitrogens is 2.